The number of hydrogen-bond donors (Lipinski definition) is 2. The first-order valence-corrected chi connectivity index (χ1v) is 8.18. The molecule has 0 aliphatic rings. The fourth-order valence-corrected chi connectivity index (χ4v) is 2.76. The Morgan fingerprint density at radius 1 is 0.893 bits per heavy atom. The minimum Gasteiger partial charge on any atom is -0.343 e. The highest BCUT2D eigenvalue weighted by atomic mass is 16.6. The maximum atomic E-state index is 12.2. The van der Waals surface area contributed by atoms with E-state index in [-0.39, 0.29) is 5.56 Å². The molecule has 0 saturated carbocycles. The number of hydrogen-bond acceptors (Lipinski definition) is 6. The van der Waals surface area contributed by atoms with E-state index in [9.17, 15) is 29.8 Å². The maximum absolute atomic E-state index is 12.2. The molecule has 2 rings (SSSR count). The van der Waals surface area contributed by atoms with Gasteiger partial charge in [0.25, 0.3) is 17.3 Å². The number of benzene rings is 2. The van der Waals surface area contributed by atoms with Crippen LogP contribution in [0.3, 0.4) is 0 Å². The van der Waals surface area contributed by atoms with Crippen LogP contribution in [0.2, 0.25) is 0 Å². The van der Waals surface area contributed by atoms with Crippen LogP contribution in [0.4, 0.5) is 17.1 Å². The molecule has 2 amide bonds. The summed E-state index contributed by atoms with van der Waals surface area (Å²) in [5.41, 5.74) is 1.96. The van der Waals surface area contributed by atoms with Crippen molar-refractivity contribution in [3.05, 3.63) is 72.8 Å². The summed E-state index contributed by atoms with van der Waals surface area (Å²) in [7, 11) is 0. The summed E-state index contributed by atoms with van der Waals surface area (Å²) in [5.74, 6) is -1.33. The van der Waals surface area contributed by atoms with Gasteiger partial charge in [-0.2, -0.15) is 0 Å². The molecule has 0 atom stereocenters. The highest BCUT2D eigenvalue weighted by Crippen LogP contribution is 2.23. The standard InChI is InChI=1S/C18H18N4O6/c1-10-4-11(2)17(12(3)5-10)20-16(23)9-19-18(24)13-6-14(21(25)26)8-15(7-13)22(27)28/h4-8H,9H2,1-3H3,(H,19,24)(H,20,23). The number of nitro groups is 2. The van der Waals surface area contributed by atoms with E-state index in [4.69, 9.17) is 0 Å². The van der Waals surface area contributed by atoms with Crippen LogP contribution < -0.4 is 10.6 Å². The second-order valence-electron chi connectivity index (χ2n) is 6.26. The zero-order valence-corrected chi connectivity index (χ0v) is 15.4. The first kappa shape index (κ1) is 20.5. The summed E-state index contributed by atoms with van der Waals surface area (Å²) < 4.78 is 0. The number of nitrogens with one attached hydrogen (secondary N) is 2. The van der Waals surface area contributed by atoms with Crippen molar-refractivity contribution in [2.75, 3.05) is 11.9 Å². The Bertz CT molecular complexity index is 931. The lowest BCUT2D eigenvalue weighted by Crippen LogP contribution is -2.33. The van der Waals surface area contributed by atoms with Crippen molar-refractivity contribution in [2.24, 2.45) is 0 Å². The molecule has 0 bridgehead atoms. The van der Waals surface area contributed by atoms with Gasteiger partial charge in [-0.3, -0.25) is 29.8 Å². The Kier molecular flexibility index (Phi) is 6.04. The molecule has 10 nitrogen and oxygen atoms in total. The number of carbonyl (C=O) groups is 2. The van der Waals surface area contributed by atoms with Crippen molar-refractivity contribution in [2.45, 2.75) is 20.8 Å². The van der Waals surface area contributed by atoms with Crippen molar-refractivity contribution in [3.63, 3.8) is 0 Å². The van der Waals surface area contributed by atoms with Crippen LogP contribution in [0.25, 0.3) is 0 Å². The molecule has 2 N–H and O–H groups in total. The van der Waals surface area contributed by atoms with Gasteiger partial charge in [0.15, 0.2) is 0 Å². The van der Waals surface area contributed by atoms with Gasteiger partial charge >= 0.3 is 0 Å². The van der Waals surface area contributed by atoms with Gasteiger partial charge in [0.2, 0.25) is 5.91 Å². The molecular formula is C18H18N4O6. The van der Waals surface area contributed by atoms with E-state index in [1.807, 2.05) is 32.9 Å². The van der Waals surface area contributed by atoms with Crippen LogP contribution in [0, 0.1) is 41.0 Å². The molecule has 28 heavy (non-hydrogen) atoms. The predicted molar refractivity (Wildman–Crippen MR) is 101 cm³/mol. The second-order valence-corrected chi connectivity index (χ2v) is 6.26. The van der Waals surface area contributed by atoms with E-state index >= 15 is 0 Å². The molecule has 0 unspecified atom stereocenters. The van der Waals surface area contributed by atoms with E-state index in [2.05, 4.69) is 10.6 Å². The fourth-order valence-electron chi connectivity index (χ4n) is 2.76. The summed E-state index contributed by atoms with van der Waals surface area (Å²) in [6, 6.07) is 6.39. The minimum atomic E-state index is -0.834. The van der Waals surface area contributed by atoms with E-state index in [1.165, 1.54) is 0 Å². The Morgan fingerprint density at radius 2 is 1.39 bits per heavy atom. The topological polar surface area (TPSA) is 144 Å². The normalized spacial score (nSPS) is 10.2. The van der Waals surface area contributed by atoms with Crippen molar-refractivity contribution < 1.29 is 19.4 Å². The van der Waals surface area contributed by atoms with Gasteiger partial charge in [-0.25, -0.2) is 0 Å². The number of carbonyl (C=O) groups excluding carboxylic acids is 2. The first-order chi connectivity index (χ1) is 13.1. The van der Waals surface area contributed by atoms with E-state index in [0.29, 0.717) is 5.69 Å². The van der Waals surface area contributed by atoms with Crippen LogP contribution in [0.5, 0.6) is 0 Å². The number of non-ortho nitro benzene ring substituents is 2. The molecule has 0 aromatic heterocycles. The zero-order valence-electron chi connectivity index (χ0n) is 15.4. The summed E-state index contributed by atoms with van der Waals surface area (Å²) in [6.07, 6.45) is 0. The molecule has 0 fully saturated rings. The monoisotopic (exact) mass is 386 g/mol. The Hall–Kier alpha value is -3.82. The van der Waals surface area contributed by atoms with Crippen molar-refractivity contribution >= 4 is 28.9 Å². The fraction of sp³-hybridized carbons (Fsp3) is 0.222. The van der Waals surface area contributed by atoms with E-state index in [0.717, 1.165) is 34.9 Å². The summed E-state index contributed by atoms with van der Waals surface area (Å²) in [5, 5.41) is 26.8. The molecule has 146 valence electrons. The van der Waals surface area contributed by atoms with Crippen LogP contribution >= 0.6 is 0 Å². The number of nitro benzene ring substituents is 2. The third kappa shape index (κ3) is 4.87. The van der Waals surface area contributed by atoms with Crippen LogP contribution in [0.1, 0.15) is 27.0 Å². The molecule has 0 aliphatic carbocycles. The predicted octanol–water partition coefficient (Wildman–Crippen LogP) is 2.80. The molecule has 0 heterocycles. The van der Waals surface area contributed by atoms with Crippen molar-refractivity contribution in [3.8, 4) is 0 Å². The Morgan fingerprint density at radius 3 is 1.86 bits per heavy atom. The maximum Gasteiger partial charge on any atom is 0.277 e. The quantitative estimate of drug-likeness (QED) is 0.577. The lowest BCUT2D eigenvalue weighted by atomic mass is 10.1. The highest BCUT2D eigenvalue weighted by molar-refractivity contribution is 6.00. The smallest absolute Gasteiger partial charge is 0.277 e. The second kappa shape index (κ2) is 8.25. The van der Waals surface area contributed by atoms with Gasteiger partial charge in [-0.15, -0.1) is 0 Å². The molecule has 2 aromatic carbocycles. The number of anilines is 1. The molecular weight excluding hydrogens is 368 g/mol. The van der Waals surface area contributed by atoms with Gasteiger partial charge in [-0.1, -0.05) is 17.7 Å². The van der Waals surface area contributed by atoms with Gasteiger partial charge in [0, 0.05) is 17.8 Å². The molecule has 0 aliphatic heterocycles. The third-order valence-electron chi connectivity index (χ3n) is 3.94. The molecule has 10 heteroatoms. The summed E-state index contributed by atoms with van der Waals surface area (Å²) >= 11 is 0. The lowest BCUT2D eigenvalue weighted by molar-refractivity contribution is -0.394. The average molecular weight is 386 g/mol. The van der Waals surface area contributed by atoms with Gasteiger partial charge in [0.1, 0.15) is 0 Å². The molecule has 0 radical (unpaired) electrons. The lowest BCUT2D eigenvalue weighted by Gasteiger charge is -2.13. The van der Waals surface area contributed by atoms with Crippen LogP contribution in [-0.2, 0) is 4.79 Å². The zero-order chi connectivity index (χ0) is 21.0. The van der Waals surface area contributed by atoms with Gasteiger partial charge in [0.05, 0.1) is 28.0 Å². The SMILES string of the molecule is Cc1cc(C)c(NC(=O)CNC(=O)c2cc([N+](=O)[O-])cc([N+](=O)[O-])c2)c(C)c1. The molecule has 0 spiro atoms. The van der Waals surface area contributed by atoms with Crippen LogP contribution in [-0.4, -0.2) is 28.2 Å². The van der Waals surface area contributed by atoms with Gasteiger partial charge in [-0.05, 0) is 31.9 Å². The first-order valence-electron chi connectivity index (χ1n) is 8.18. The number of nitrogens with zero attached hydrogens (tertiary/aromatic N) is 2. The Balaban J connectivity index is 2.11. The Labute approximate surface area is 159 Å². The van der Waals surface area contributed by atoms with Crippen molar-refractivity contribution in [1.29, 1.82) is 0 Å². The number of rotatable bonds is 6. The largest absolute Gasteiger partial charge is 0.343 e. The third-order valence-corrected chi connectivity index (χ3v) is 3.94. The molecule has 2 aromatic rings. The molecule has 0 saturated heterocycles. The van der Waals surface area contributed by atoms with E-state index < -0.39 is 39.6 Å². The average Bonchev–Trinajstić information content (AvgIpc) is 2.62. The minimum absolute atomic E-state index is 0.281. The number of amides is 2. The van der Waals surface area contributed by atoms with Crippen molar-refractivity contribution in [1.82, 2.24) is 5.32 Å². The summed E-state index contributed by atoms with van der Waals surface area (Å²) in [4.78, 5) is 44.5. The number of aryl methyl sites for hydroxylation is 3. The summed E-state index contributed by atoms with van der Waals surface area (Å²) in [6.45, 7) is 5.22. The van der Waals surface area contributed by atoms with Crippen LogP contribution in [0.15, 0.2) is 30.3 Å². The highest BCUT2D eigenvalue weighted by Gasteiger charge is 2.20. The van der Waals surface area contributed by atoms with E-state index in [1.54, 1.807) is 0 Å². The van der Waals surface area contributed by atoms with Gasteiger partial charge < -0.3 is 10.6 Å².